The molecule has 0 spiro atoms. The molecule has 4 nitrogen and oxygen atoms in total. The molecular formula is C7H8O4. The van der Waals surface area contributed by atoms with Gasteiger partial charge in [0, 0.05) is 12.3 Å². The average Bonchev–Trinajstić information content (AvgIpc) is 2.00. The standard InChI is InChI=1S/C7H8O4/c1-3-4-5-6(8)11-7(9)10-2/h3H2,1-2H3. The van der Waals surface area contributed by atoms with E-state index in [-0.39, 0.29) is 0 Å². The molecule has 0 amide bonds. The maximum atomic E-state index is 10.5. The van der Waals surface area contributed by atoms with Crippen LogP contribution in [-0.4, -0.2) is 19.2 Å². The summed E-state index contributed by atoms with van der Waals surface area (Å²) in [6.07, 6.45) is -0.503. The number of rotatable bonds is 0. The van der Waals surface area contributed by atoms with Gasteiger partial charge >= 0.3 is 12.1 Å². The van der Waals surface area contributed by atoms with Gasteiger partial charge in [-0.15, -0.1) is 0 Å². The lowest BCUT2D eigenvalue weighted by Crippen LogP contribution is -2.09. The van der Waals surface area contributed by atoms with E-state index in [1.807, 2.05) is 0 Å². The second-order valence-electron chi connectivity index (χ2n) is 1.50. The topological polar surface area (TPSA) is 52.6 Å². The Morgan fingerprint density at radius 3 is 2.55 bits per heavy atom. The number of hydrogen-bond donors (Lipinski definition) is 0. The molecule has 0 radical (unpaired) electrons. The summed E-state index contributed by atoms with van der Waals surface area (Å²) in [5.41, 5.74) is 0. The molecule has 0 aliphatic heterocycles. The fourth-order valence-electron chi connectivity index (χ4n) is 0.303. The lowest BCUT2D eigenvalue weighted by Gasteiger charge is -1.93. The lowest BCUT2D eigenvalue weighted by molar-refractivity contribution is -0.132. The summed E-state index contributed by atoms with van der Waals surface area (Å²) in [4.78, 5) is 20.7. The first-order valence-corrected chi connectivity index (χ1v) is 2.99. The van der Waals surface area contributed by atoms with Crippen molar-refractivity contribution in [3.8, 4) is 11.8 Å². The highest BCUT2D eigenvalue weighted by Gasteiger charge is 2.05. The van der Waals surface area contributed by atoms with Crippen molar-refractivity contribution in [1.29, 1.82) is 0 Å². The molecule has 0 fully saturated rings. The smallest absolute Gasteiger partial charge is 0.437 e. The van der Waals surface area contributed by atoms with E-state index in [2.05, 4.69) is 21.3 Å². The highest BCUT2D eigenvalue weighted by atomic mass is 16.7. The van der Waals surface area contributed by atoms with E-state index in [1.165, 1.54) is 0 Å². The highest BCUT2D eigenvalue weighted by molar-refractivity contribution is 5.94. The number of carbonyl (C=O) groups excluding carboxylic acids is 2. The number of esters is 1. The van der Waals surface area contributed by atoms with Crippen molar-refractivity contribution in [2.45, 2.75) is 13.3 Å². The number of hydrogen-bond acceptors (Lipinski definition) is 4. The first-order chi connectivity index (χ1) is 5.20. The first kappa shape index (κ1) is 9.50. The van der Waals surface area contributed by atoms with Gasteiger partial charge < -0.3 is 9.47 Å². The summed E-state index contributed by atoms with van der Waals surface area (Å²) >= 11 is 0. The minimum absolute atomic E-state index is 0.538. The van der Waals surface area contributed by atoms with Crippen LogP contribution in [0.4, 0.5) is 4.79 Å². The zero-order valence-electron chi connectivity index (χ0n) is 6.34. The molecule has 0 N–H and O–H groups in total. The Labute approximate surface area is 64.5 Å². The number of carbonyl (C=O) groups is 2. The summed E-state index contributed by atoms with van der Waals surface area (Å²) in [5.74, 6) is 3.64. The van der Waals surface area contributed by atoms with Gasteiger partial charge in [-0.1, -0.05) is 12.8 Å². The van der Waals surface area contributed by atoms with Gasteiger partial charge in [0.1, 0.15) is 0 Å². The summed E-state index contributed by atoms with van der Waals surface area (Å²) in [5, 5.41) is 0. The highest BCUT2D eigenvalue weighted by Crippen LogP contribution is 1.82. The number of ether oxygens (including phenoxy) is 2. The van der Waals surface area contributed by atoms with Crippen molar-refractivity contribution in [2.24, 2.45) is 0 Å². The molecule has 0 unspecified atom stereocenters. The van der Waals surface area contributed by atoms with Crippen LogP contribution >= 0.6 is 0 Å². The van der Waals surface area contributed by atoms with Crippen LogP contribution in [0, 0.1) is 11.8 Å². The van der Waals surface area contributed by atoms with Crippen LogP contribution in [0.3, 0.4) is 0 Å². The van der Waals surface area contributed by atoms with Gasteiger partial charge in [-0.2, -0.15) is 0 Å². The van der Waals surface area contributed by atoms with Gasteiger partial charge in [0.05, 0.1) is 7.11 Å². The van der Waals surface area contributed by atoms with E-state index >= 15 is 0 Å². The summed E-state index contributed by atoms with van der Waals surface area (Å²) < 4.78 is 8.08. The van der Waals surface area contributed by atoms with Crippen LogP contribution in [0.25, 0.3) is 0 Å². The maximum Gasteiger partial charge on any atom is 0.516 e. The molecule has 0 aromatic heterocycles. The third kappa shape index (κ3) is 4.97. The molecule has 0 aliphatic carbocycles. The number of methoxy groups -OCH3 is 1. The molecule has 0 saturated heterocycles. The first-order valence-electron chi connectivity index (χ1n) is 2.99. The van der Waals surface area contributed by atoms with Crippen molar-refractivity contribution in [2.75, 3.05) is 7.11 Å². The molecule has 0 aromatic rings. The van der Waals surface area contributed by atoms with E-state index in [0.717, 1.165) is 7.11 Å². The Morgan fingerprint density at radius 1 is 1.45 bits per heavy atom. The molecule has 60 valence electrons. The molecule has 0 bridgehead atoms. The largest absolute Gasteiger partial charge is 0.516 e. The van der Waals surface area contributed by atoms with Gasteiger partial charge in [0.25, 0.3) is 0 Å². The van der Waals surface area contributed by atoms with Crippen molar-refractivity contribution in [3.63, 3.8) is 0 Å². The molecule has 0 saturated carbocycles. The molecule has 0 atom stereocenters. The summed E-state index contributed by atoms with van der Waals surface area (Å²) in [7, 11) is 1.11. The fourth-order valence-corrected chi connectivity index (χ4v) is 0.303. The average molecular weight is 156 g/mol. The van der Waals surface area contributed by atoms with Gasteiger partial charge in [-0.25, -0.2) is 9.59 Å². The van der Waals surface area contributed by atoms with E-state index in [0.29, 0.717) is 6.42 Å². The zero-order valence-corrected chi connectivity index (χ0v) is 6.34. The molecule has 11 heavy (non-hydrogen) atoms. The predicted molar refractivity (Wildman–Crippen MR) is 36.6 cm³/mol. The van der Waals surface area contributed by atoms with Crippen molar-refractivity contribution in [3.05, 3.63) is 0 Å². The second kappa shape index (κ2) is 5.30. The van der Waals surface area contributed by atoms with Crippen LogP contribution in [-0.2, 0) is 14.3 Å². The summed E-state index contributed by atoms with van der Waals surface area (Å²) in [6.45, 7) is 1.78. The van der Waals surface area contributed by atoms with Crippen molar-refractivity contribution >= 4 is 12.1 Å². The monoisotopic (exact) mass is 156 g/mol. The van der Waals surface area contributed by atoms with E-state index in [4.69, 9.17) is 0 Å². The Kier molecular flexibility index (Phi) is 4.58. The molecule has 0 aliphatic rings. The minimum atomic E-state index is -1.04. The van der Waals surface area contributed by atoms with Gasteiger partial charge in [-0.3, -0.25) is 0 Å². The van der Waals surface area contributed by atoms with E-state index in [1.54, 1.807) is 6.92 Å². The lowest BCUT2D eigenvalue weighted by atomic mass is 10.5. The minimum Gasteiger partial charge on any atom is -0.437 e. The van der Waals surface area contributed by atoms with Gasteiger partial charge in [0.15, 0.2) is 0 Å². The fraction of sp³-hybridized carbons (Fsp3) is 0.429. The Hall–Kier alpha value is -1.50. The Balaban J connectivity index is 3.79. The van der Waals surface area contributed by atoms with Crippen LogP contribution in [0.5, 0.6) is 0 Å². The molecular weight excluding hydrogens is 148 g/mol. The van der Waals surface area contributed by atoms with Gasteiger partial charge in [0.2, 0.25) is 0 Å². The predicted octanol–water partition coefficient (Wildman–Crippen LogP) is 0.709. The maximum absolute atomic E-state index is 10.5. The molecule has 0 rings (SSSR count). The third-order valence-electron chi connectivity index (χ3n) is 0.710. The van der Waals surface area contributed by atoms with E-state index in [9.17, 15) is 9.59 Å². The Bertz CT molecular complexity index is 208. The van der Waals surface area contributed by atoms with Crippen LogP contribution in [0.15, 0.2) is 0 Å². The summed E-state index contributed by atoms with van der Waals surface area (Å²) in [6, 6.07) is 0. The van der Waals surface area contributed by atoms with E-state index < -0.39 is 12.1 Å². The quantitative estimate of drug-likeness (QED) is 0.224. The normalized spacial score (nSPS) is 7.45. The van der Waals surface area contributed by atoms with Crippen LogP contribution < -0.4 is 0 Å². The van der Waals surface area contributed by atoms with Crippen molar-refractivity contribution in [1.82, 2.24) is 0 Å². The molecule has 0 heterocycles. The molecule has 0 aromatic carbocycles. The van der Waals surface area contributed by atoms with Crippen molar-refractivity contribution < 1.29 is 19.1 Å². The zero-order chi connectivity index (χ0) is 8.69. The third-order valence-corrected chi connectivity index (χ3v) is 0.710. The second-order valence-corrected chi connectivity index (χ2v) is 1.50. The van der Waals surface area contributed by atoms with Gasteiger partial charge in [-0.05, 0) is 0 Å². The Morgan fingerprint density at radius 2 is 2.09 bits per heavy atom. The SMILES string of the molecule is CCC#CC(=O)OC(=O)OC. The molecule has 4 heteroatoms. The van der Waals surface area contributed by atoms with Crippen LogP contribution in [0.2, 0.25) is 0 Å². The van der Waals surface area contributed by atoms with Crippen LogP contribution in [0.1, 0.15) is 13.3 Å².